The van der Waals surface area contributed by atoms with Gasteiger partial charge in [0.15, 0.2) is 5.82 Å². The third-order valence-electron chi connectivity index (χ3n) is 5.58. The van der Waals surface area contributed by atoms with Crippen molar-refractivity contribution in [2.24, 2.45) is 11.3 Å². The molecule has 24 heavy (non-hydrogen) atoms. The lowest BCUT2D eigenvalue weighted by atomic mass is 9.78. The van der Waals surface area contributed by atoms with Gasteiger partial charge in [-0.3, -0.25) is 9.69 Å². The van der Waals surface area contributed by atoms with Gasteiger partial charge < -0.3 is 9.42 Å². The number of thioether (sulfide) groups is 1. The van der Waals surface area contributed by atoms with Gasteiger partial charge in [0.25, 0.3) is 0 Å². The van der Waals surface area contributed by atoms with Crippen LogP contribution in [0.4, 0.5) is 0 Å². The van der Waals surface area contributed by atoms with Crippen LogP contribution in [0.3, 0.4) is 0 Å². The molecule has 132 valence electrons. The summed E-state index contributed by atoms with van der Waals surface area (Å²) in [6.45, 7) is 4.40. The number of carbonyl (C=O) groups is 1. The van der Waals surface area contributed by atoms with Gasteiger partial charge in [-0.15, -0.1) is 0 Å². The van der Waals surface area contributed by atoms with Crippen molar-refractivity contribution < 1.29 is 9.32 Å². The van der Waals surface area contributed by atoms with Crippen molar-refractivity contribution in [3.8, 4) is 0 Å². The van der Waals surface area contributed by atoms with E-state index in [4.69, 9.17) is 4.52 Å². The molecule has 4 rings (SSSR count). The van der Waals surface area contributed by atoms with E-state index in [-0.39, 0.29) is 5.41 Å². The number of nitrogens with zero attached hydrogens (tertiary/aromatic N) is 4. The molecule has 1 saturated carbocycles. The predicted molar refractivity (Wildman–Crippen MR) is 92.4 cm³/mol. The molecule has 0 N–H and O–H groups in total. The fourth-order valence-electron chi connectivity index (χ4n) is 4.14. The lowest BCUT2D eigenvalue weighted by Crippen LogP contribution is -2.50. The zero-order chi connectivity index (χ0) is 16.6. The maximum absolute atomic E-state index is 13.0. The summed E-state index contributed by atoms with van der Waals surface area (Å²) < 4.78 is 5.35. The maximum atomic E-state index is 13.0. The zero-order valence-corrected chi connectivity index (χ0v) is 15.2. The Labute approximate surface area is 147 Å². The van der Waals surface area contributed by atoms with E-state index in [1.807, 2.05) is 6.26 Å². The van der Waals surface area contributed by atoms with Crippen molar-refractivity contribution in [1.82, 2.24) is 19.9 Å². The fourth-order valence-corrected chi connectivity index (χ4v) is 4.52. The molecule has 1 atom stereocenters. The van der Waals surface area contributed by atoms with Crippen LogP contribution in [0.1, 0.15) is 43.8 Å². The summed E-state index contributed by atoms with van der Waals surface area (Å²) in [5.74, 6) is 3.39. The lowest BCUT2D eigenvalue weighted by Gasteiger charge is -2.39. The number of amides is 1. The van der Waals surface area contributed by atoms with Crippen molar-refractivity contribution in [3.63, 3.8) is 0 Å². The summed E-state index contributed by atoms with van der Waals surface area (Å²) in [6.07, 6.45) is 7.79. The molecule has 2 aliphatic heterocycles. The van der Waals surface area contributed by atoms with Crippen LogP contribution in [0.25, 0.3) is 0 Å². The SMILES string of the molecule is CSCc1noc(CN2CC[C@]3(CCCN(CC4CC4)C3=O)C2)n1. The third-order valence-corrected chi connectivity index (χ3v) is 6.12. The summed E-state index contributed by atoms with van der Waals surface area (Å²) in [4.78, 5) is 21.9. The Balaban J connectivity index is 1.37. The molecule has 6 nitrogen and oxygen atoms in total. The number of hydrogen-bond acceptors (Lipinski definition) is 6. The Hall–Kier alpha value is -1.08. The van der Waals surface area contributed by atoms with Crippen molar-refractivity contribution in [2.75, 3.05) is 32.4 Å². The number of piperidine rings is 1. The Bertz CT molecular complexity index is 603. The van der Waals surface area contributed by atoms with Crippen molar-refractivity contribution in [2.45, 2.75) is 44.4 Å². The minimum absolute atomic E-state index is 0.157. The number of carbonyl (C=O) groups excluding carboxylic acids is 1. The van der Waals surface area contributed by atoms with Crippen LogP contribution in [0.15, 0.2) is 4.52 Å². The molecule has 3 heterocycles. The Kier molecular flexibility index (Phi) is 4.56. The molecule has 0 bridgehead atoms. The number of likely N-dealkylation sites (tertiary alicyclic amines) is 2. The normalized spacial score (nSPS) is 28.2. The molecule has 0 aromatic carbocycles. The molecule has 3 aliphatic rings. The van der Waals surface area contributed by atoms with Gasteiger partial charge in [-0.1, -0.05) is 5.16 Å². The fraction of sp³-hybridized carbons (Fsp3) is 0.824. The van der Waals surface area contributed by atoms with E-state index < -0.39 is 0 Å². The Morgan fingerprint density at radius 2 is 2.21 bits per heavy atom. The molecule has 1 spiro atoms. The second-order valence-corrected chi connectivity index (χ2v) is 8.44. The van der Waals surface area contributed by atoms with Gasteiger partial charge in [-0.05, 0) is 50.8 Å². The summed E-state index contributed by atoms with van der Waals surface area (Å²) in [5.41, 5.74) is -0.157. The first kappa shape index (κ1) is 16.4. The van der Waals surface area contributed by atoms with E-state index in [2.05, 4.69) is 19.9 Å². The number of rotatable bonds is 6. The second kappa shape index (κ2) is 6.67. The lowest BCUT2D eigenvalue weighted by molar-refractivity contribution is -0.146. The first-order valence-electron chi connectivity index (χ1n) is 9.01. The number of aromatic nitrogens is 2. The highest BCUT2D eigenvalue weighted by molar-refractivity contribution is 7.97. The van der Waals surface area contributed by atoms with Crippen LogP contribution in [0.5, 0.6) is 0 Å². The summed E-state index contributed by atoms with van der Waals surface area (Å²) in [6, 6.07) is 0. The minimum Gasteiger partial charge on any atom is -0.342 e. The highest BCUT2D eigenvalue weighted by Gasteiger charge is 2.49. The average molecular weight is 350 g/mol. The minimum atomic E-state index is -0.157. The van der Waals surface area contributed by atoms with E-state index in [0.717, 1.165) is 62.9 Å². The average Bonchev–Trinajstić information content (AvgIpc) is 3.13. The van der Waals surface area contributed by atoms with Crippen LogP contribution in [-0.2, 0) is 17.1 Å². The van der Waals surface area contributed by atoms with E-state index >= 15 is 0 Å². The van der Waals surface area contributed by atoms with Gasteiger partial charge in [0.05, 0.1) is 17.7 Å². The smallest absolute Gasteiger partial charge is 0.240 e. The number of hydrogen-bond donors (Lipinski definition) is 0. The van der Waals surface area contributed by atoms with Gasteiger partial charge in [0.2, 0.25) is 11.8 Å². The van der Waals surface area contributed by atoms with Crippen molar-refractivity contribution >= 4 is 17.7 Å². The van der Waals surface area contributed by atoms with Crippen molar-refractivity contribution in [1.29, 1.82) is 0 Å². The monoisotopic (exact) mass is 350 g/mol. The van der Waals surface area contributed by atoms with Gasteiger partial charge in [0.1, 0.15) is 0 Å². The predicted octanol–water partition coefficient (Wildman–Crippen LogP) is 2.16. The molecular formula is C17H26N4O2S. The first-order chi connectivity index (χ1) is 11.7. The van der Waals surface area contributed by atoms with Crippen LogP contribution in [0.2, 0.25) is 0 Å². The summed E-state index contributed by atoms with van der Waals surface area (Å²) in [7, 11) is 0. The molecule has 3 fully saturated rings. The second-order valence-electron chi connectivity index (χ2n) is 7.58. The van der Waals surface area contributed by atoms with Crippen molar-refractivity contribution in [3.05, 3.63) is 11.7 Å². The molecule has 1 aromatic rings. The topological polar surface area (TPSA) is 62.5 Å². The summed E-state index contributed by atoms with van der Waals surface area (Å²) >= 11 is 1.69. The highest BCUT2D eigenvalue weighted by Crippen LogP contribution is 2.42. The van der Waals surface area contributed by atoms with E-state index in [1.54, 1.807) is 11.8 Å². The molecule has 7 heteroatoms. The standard InChI is InChI=1S/C17H26N4O2S/c1-24-11-14-18-15(23-19-14)10-20-8-6-17(12-20)5-2-7-21(16(17)22)9-13-3-4-13/h13H,2-12H2,1H3/t17-/m1/s1. The molecule has 0 radical (unpaired) electrons. The zero-order valence-electron chi connectivity index (χ0n) is 14.4. The van der Waals surface area contributed by atoms with E-state index in [0.29, 0.717) is 18.3 Å². The largest absolute Gasteiger partial charge is 0.342 e. The summed E-state index contributed by atoms with van der Waals surface area (Å²) in [5, 5.41) is 4.01. The molecule has 0 unspecified atom stereocenters. The van der Waals surface area contributed by atoms with Crippen LogP contribution >= 0.6 is 11.8 Å². The molecular weight excluding hydrogens is 324 g/mol. The van der Waals surface area contributed by atoms with Crippen LogP contribution in [-0.4, -0.2) is 58.3 Å². The maximum Gasteiger partial charge on any atom is 0.240 e. The quantitative estimate of drug-likeness (QED) is 0.783. The van der Waals surface area contributed by atoms with Gasteiger partial charge in [-0.2, -0.15) is 16.7 Å². The van der Waals surface area contributed by atoms with Gasteiger partial charge >= 0.3 is 0 Å². The van der Waals surface area contributed by atoms with Gasteiger partial charge in [0, 0.05) is 19.6 Å². The molecule has 1 aromatic heterocycles. The van der Waals surface area contributed by atoms with Gasteiger partial charge in [-0.25, -0.2) is 0 Å². The first-order valence-corrected chi connectivity index (χ1v) is 10.4. The highest BCUT2D eigenvalue weighted by atomic mass is 32.2. The van der Waals surface area contributed by atoms with Crippen LogP contribution < -0.4 is 0 Å². The Morgan fingerprint density at radius 1 is 1.33 bits per heavy atom. The third kappa shape index (κ3) is 3.33. The molecule has 1 amide bonds. The van der Waals surface area contributed by atoms with E-state index in [9.17, 15) is 4.79 Å². The molecule has 2 saturated heterocycles. The Morgan fingerprint density at radius 3 is 3.00 bits per heavy atom. The molecule has 1 aliphatic carbocycles. The van der Waals surface area contributed by atoms with E-state index in [1.165, 1.54) is 12.8 Å². The van der Waals surface area contributed by atoms with Crippen LogP contribution in [0, 0.1) is 11.3 Å².